The third kappa shape index (κ3) is 3.58. The van der Waals surface area contributed by atoms with Crippen molar-refractivity contribution < 1.29 is 50.0 Å². The zero-order valence-electron chi connectivity index (χ0n) is 13.3. The van der Waals surface area contributed by atoms with Gasteiger partial charge in [-0.1, -0.05) is 0 Å². The maximum atomic E-state index is 10.0. The van der Waals surface area contributed by atoms with Gasteiger partial charge >= 0.3 is 0 Å². The molecule has 0 saturated carbocycles. The van der Waals surface area contributed by atoms with E-state index in [4.69, 9.17) is 19.3 Å². The van der Waals surface area contributed by atoms with E-state index in [0.717, 1.165) is 0 Å². The molecular weight excluding hydrogens is 328 g/mol. The highest BCUT2D eigenvalue weighted by atomic mass is 16.6. The summed E-state index contributed by atoms with van der Waals surface area (Å²) in [6.07, 6.45) is -9.51. The van der Waals surface area contributed by atoms with Crippen molar-refractivity contribution in [3.63, 3.8) is 0 Å². The van der Waals surface area contributed by atoms with Gasteiger partial charge in [0.25, 0.3) is 0 Å². The van der Waals surface area contributed by atoms with Crippen LogP contribution < -0.4 is 0 Å². The first-order chi connectivity index (χ1) is 11.3. The van der Waals surface area contributed by atoms with Crippen molar-refractivity contribution in [2.45, 2.75) is 61.4 Å². The molecule has 0 bridgehead atoms. The molecule has 2 rings (SSSR count). The molecule has 10 heteroatoms. The SMILES string of the molecule is CC1O[C@H](COC[C@]2(CO)O[C@H](CO)C(O)[C@H]2O)C(O)[C@H](O)[C@@H]1O. The van der Waals surface area contributed by atoms with E-state index < -0.39 is 67.6 Å². The van der Waals surface area contributed by atoms with Crippen molar-refractivity contribution in [2.24, 2.45) is 0 Å². The van der Waals surface area contributed by atoms with E-state index in [1.807, 2.05) is 0 Å². The molecule has 142 valence electrons. The topological polar surface area (TPSA) is 169 Å². The third-order valence-corrected chi connectivity index (χ3v) is 4.66. The van der Waals surface area contributed by atoms with E-state index in [0.29, 0.717) is 0 Å². The summed E-state index contributed by atoms with van der Waals surface area (Å²) < 4.78 is 16.0. The molecule has 0 aliphatic carbocycles. The second-order valence-electron chi connectivity index (χ2n) is 6.36. The van der Waals surface area contributed by atoms with Gasteiger partial charge in [0.05, 0.1) is 32.5 Å². The van der Waals surface area contributed by atoms with Crippen molar-refractivity contribution in [3.05, 3.63) is 0 Å². The van der Waals surface area contributed by atoms with E-state index in [-0.39, 0.29) is 13.2 Å². The Hall–Kier alpha value is -0.400. The first kappa shape index (κ1) is 19.9. The summed E-state index contributed by atoms with van der Waals surface area (Å²) in [5.41, 5.74) is -1.61. The van der Waals surface area contributed by atoms with Gasteiger partial charge in [0.15, 0.2) is 0 Å². The van der Waals surface area contributed by atoms with Gasteiger partial charge in [-0.05, 0) is 6.92 Å². The van der Waals surface area contributed by atoms with Crippen LogP contribution >= 0.6 is 0 Å². The van der Waals surface area contributed by atoms with E-state index in [2.05, 4.69) is 0 Å². The lowest BCUT2D eigenvalue weighted by Crippen LogP contribution is -2.58. The Morgan fingerprint density at radius 1 is 0.917 bits per heavy atom. The summed E-state index contributed by atoms with van der Waals surface area (Å²) in [7, 11) is 0. The van der Waals surface area contributed by atoms with Crippen LogP contribution in [0.2, 0.25) is 0 Å². The monoisotopic (exact) mass is 354 g/mol. The van der Waals surface area contributed by atoms with Crippen LogP contribution in [-0.2, 0) is 14.2 Å². The Kier molecular flexibility index (Phi) is 6.53. The molecule has 0 spiro atoms. The standard InChI is InChI=1S/C14H26O10/c1-6-9(17)12(20)10(18)8(23-6)3-22-5-14(4-16)13(21)11(19)7(2-15)24-14/h6-13,15-21H,2-5H2,1H3/t6?,7-,8-,9-,10?,11?,12-,13-,14+/m1/s1. The fraction of sp³-hybridized carbons (Fsp3) is 1.00. The second kappa shape index (κ2) is 7.87. The molecular formula is C14H26O10. The lowest BCUT2D eigenvalue weighted by Gasteiger charge is -2.39. The second-order valence-corrected chi connectivity index (χ2v) is 6.36. The summed E-state index contributed by atoms with van der Waals surface area (Å²) in [4.78, 5) is 0. The lowest BCUT2D eigenvalue weighted by molar-refractivity contribution is -0.234. The average molecular weight is 354 g/mol. The molecule has 0 aromatic rings. The van der Waals surface area contributed by atoms with Gasteiger partial charge in [-0.25, -0.2) is 0 Å². The summed E-state index contributed by atoms with van der Waals surface area (Å²) in [6, 6.07) is 0. The molecule has 7 N–H and O–H groups in total. The Morgan fingerprint density at radius 2 is 1.58 bits per heavy atom. The molecule has 0 aromatic heterocycles. The fourth-order valence-electron chi connectivity index (χ4n) is 3.02. The highest BCUT2D eigenvalue weighted by Gasteiger charge is 2.54. The Labute approximate surface area is 138 Å². The van der Waals surface area contributed by atoms with E-state index in [9.17, 15) is 30.6 Å². The van der Waals surface area contributed by atoms with Crippen molar-refractivity contribution in [2.75, 3.05) is 26.4 Å². The molecule has 24 heavy (non-hydrogen) atoms. The molecule has 2 saturated heterocycles. The number of hydrogen-bond donors (Lipinski definition) is 7. The zero-order chi connectivity index (χ0) is 18.1. The number of hydrogen-bond acceptors (Lipinski definition) is 10. The molecule has 0 radical (unpaired) electrons. The zero-order valence-corrected chi connectivity index (χ0v) is 13.3. The van der Waals surface area contributed by atoms with E-state index in [1.54, 1.807) is 0 Å². The van der Waals surface area contributed by atoms with Gasteiger partial charge in [-0.2, -0.15) is 0 Å². The largest absolute Gasteiger partial charge is 0.394 e. The molecule has 3 unspecified atom stereocenters. The number of ether oxygens (including phenoxy) is 3. The summed E-state index contributed by atoms with van der Waals surface area (Å²) >= 11 is 0. The molecule has 2 heterocycles. The molecule has 10 nitrogen and oxygen atoms in total. The molecule has 2 aliphatic rings. The van der Waals surface area contributed by atoms with E-state index in [1.165, 1.54) is 6.92 Å². The molecule has 0 amide bonds. The first-order valence-corrected chi connectivity index (χ1v) is 7.80. The van der Waals surface area contributed by atoms with E-state index >= 15 is 0 Å². The van der Waals surface area contributed by atoms with Gasteiger partial charge in [-0.15, -0.1) is 0 Å². The van der Waals surface area contributed by atoms with Crippen LogP contribution in [0.4, 0.5) is 0 Å². The third-order valence-electron chi connectivity index (χ3n) is 4.66. The highest BCUT2D eigenvalue weighted by Crippen LogP contribution is 2.32. The van der Waals surface area contributed by atoms with Crippen LogP contribution in [0.15, 0.2) is 0 Å². The van der Waals surface area contributed by atoms with Crippen LogP contribution in [-0.4, -0.2) is 117 Å². The lowest BCUT2D eigenvalue weighted by atomic mass is 9.95. The van der Waals surface area contributed by atoms with Gasteiger partial charge in [0, 0.05) is 0 Å². The van der Waals surface area contributed by atoms with Gasteiger partial charge in [0.1, 0.15) is 48.3 Å². The molecule has 0 aromatic carbocycles. The average Bonchev–Trinajstić information content (AvgIpc) is 2.82. The Bertz CT molecular complexity index is 409. The minimum absolute atomic E-state index is 0.201. The predicted molar refractivity (Wildman–Crippen MR) is 77.0 cm³/mol. The van der Waals surface area contributed by atoms with Crippen molar-refractivity contribution in [1.29, 1.82) is 0 Å². The molecule has 2 fully saturated rings. The summed E-state index contributed by atoms with van der Waals surface area (Å²) in [5.74, 6) is 0. The maximum absolute atomic E-state index is 10.0. The maximum Gasteiger partial charge on any atom is 0.143 e. The Balaban J connectivity index is 1.93. The highest BCUT2D eigenvalue weighted by molar-refractivity contribution is 5.02. The summed E-state index contributed by atoms with van der Waals surface area (Å²) in [6.45, 7) is -0.196. The van der Waals surface area contributed by atoms with Crippen LogP contribution in [0.1, 0.15) is 6.92 Å². The van der Waals surface area contributed by atoms with Crippen LogP contribution in [0.3, 0.4) is 0 Å². The minimum atomic E-state index is -1.61. The fourth-order valence-corrected chi connectivity index (χ4v) is 3.02. The number of aliphatic hydroxyl groups excluding tert-OH is 7. The van der Waals surface area contributed by atoms with Gasteiger partial charge in [0.2, 0.25) is 0 Å². The minimum Gasteiger partial charge on any atom is -0.394 e. The van der Waals surface area contributed by atoms with Crippen molar-refractivity contribution in [3.8, 4) is 0 Å². The molecule has 2 aliphatic heterocycles. The predicted octanol–water partition coefficient (Wildman–Crippen LogP) is -4.28. The van der Waals surface area contributed by atoms with Crippen LogP contribution in [0.25, 0.3) is 0 Å². The van der Waals surface area contributed by atoms with Crippen LogP contribution in [0.5, 0.6) is 0 Å². The molecule has 9 atom stereocenters. The summed E-state index contributed by atoms with van der Waals surface area (Å²) in [5, 5.41) is 67.7. The smallest absolute Gasteiger partial charge is 0.143 e. The number of rotatable bonds is 6. The first-order valence-electron chi connectivity index (χ1n) is 7.80. The van der Waals surface area contributed by atoms with Crippen molar-refractivity contribution in [1.82, 2.24) is 0 Å². The number of aliphatic hydroxyl groups is 7. The Morgan fingerprint density at radius 3 is 2.12 bits per heavy atom. The van der Waals surface area contributed by atoms with Crippen LogP contribution in [0, 0.1) is 0 Å². The van der Waals surface area contributed by atoms with Gasteiger partial charge in [-0.3, -0.25) is 0 Å². The quantitative estimate of drug-likeness (QED) is 0.248. The normalized spacial score (nSPS) is 49.5. The van der Waals surface area contributed by atoms with Crippen molar-refractivity contribution >= 4 is 0 Å². The van der Waals surface area contributed by atoms with Gasteiger partial charge < -0.3 is 50.0 Å².